The molecule has 53 heavy (non-hydrogen) atoms. The number of halogens is 1. The van der Waals surface area contributed by atoms with Gasteiger partial charge in [0.05, 0.1) is 19.2 Å². The zero-order valence-electron chi connectivity index (χ0n) is 32.3. The molecule has 1 aromatic carbocycles. The van der Waals surface area contributed by atoms with E-state index in [4.69, 9.17) is 35.3 Å². The summed E-state index contributed by atoms with van der Waals surface area (Å²) in [6.45, 7) is 10.7. The maximum absolute atomic E-state index is 14.1. The number of esters is 1. The Balaban J connectivity index is 1.74. The van der Waals surface area contributed by atoms with Gasteiger partial charge in [0.2, 0.25) is 11.8 Å². The Morgan fingerprint density at radius 2 is 1.89 bits per heavy atom. The van der Waals surface area contributed by atoms with Crippen molar-refractivity contribution in [3.63, 3.8) is 0 Å². The van der Waals surface area contributed by atoms with Gasteiger partial charge in [-0.15, -0.1) is 0 Å². The number of anilines is 1. The van der Waals surface area contributed by atoms with Gasteiger partial charge in [-0.25, -0.2) is 9.59 Å². The van der Waals surface area contributed by atoms with E-state index in [0.29, 0.717) is 24.3 Å². The molecule has 6 bridgehead atoms. The molecule has 13 nitrogen and oxygen atoms in total. The number of thiol groups is 1. The van der Waals surface area contributed by atoms with Crippen molar-refractivity contribution < 1.29 is 48.0 Å². The summed E-state index contributed by atoms with van der Waals surface area (Å²) in [6.07, 6.45) is 2.21. The lowest BCUT2D eigenvalue weighted by Gasteiger charge is -2.59. The summed E-state index contributed by atoms with van der Waals surface area (Å²) in [5, 5.41) is 14.5. The van der Waals surface area contributed by atoms with Crippen LogP contribution in [0.3, 0.4) is 0 Å². The smallest absolute Gasteiger partial charge is 0.409 e. The second-order valence-corrected chi connectivity index (χ2v) is 17.1. The summed E-state index contributed by atoms with van der Waals surface area (Å²) in [7, 11) is 6.01. The number of nitrogens with one attached hydrogen (secondary N) is 1. The van der Waals surface area contributed by atoms with Crippen LogP contribution in [0, 0.1) is 0 Å². The van der Waals surface area contributed by atoms with Crippen molar-refractivity contribution in [2.75, 3.05) is 33.2 Å². The van der Waals surface area contributed by atoms with Gasteiger partial charge >= 0.3 is 12.1 Å². The number of fused-ring (bicyclic) bond motifs is 6. The summed E-state index contributed by atoms with van der Waals surface area (Å²) in [4.78, 5) is 56.5. The first-order valence-electron chi connectivity index (χ1n) is 17.6. The molecular formula is C38H54ClN3O10S. The van der Waals surface area contributed by atoms with Gasteiger partial charge < -0.3 is 38.6 Å². The van der Waals surface area contributed by atoms with Crippen LogP contribution >= 0.6 is 24.2 Å². The van der Waals surface area contributed by atoms with Gasteiger partial charge in [0.25, 0.3) is 0 Å². The topological polar surface area (TPSA) is 153 Å². The number of carbonyl (C=O) groups is 4. The van der Waals surface area contributed by atoms with Crippen LogP contribution in [0.1, 0.15) is 79.2 Å². The van der Waals surface area contributed by atoms with Crippen LogP contribution in [0.25, 0.3) is 0 Å². The number of benzene rings is 1. The molecule has 0 radical (unpaired) electrons. The molecule has 0 aliphatic carbocycles. The highest BCUT2D eigenvalue weighted by Gasteiger charge is 2.63. The number of hydrogen-bond acceptors (Lipinski definition) is 11. The highest BCUT2D eigenvalue weighted by atomic mass is 35.5. The zero-order valence-corrected chi connectivity index (χ0v) is 33.9. The minimum atomic E-state index is -1.86. The molecule has 0 aromatic heterocycles. The molecule has 2 fully saturated rings. The number of amides is 3. The highest BCUT2D eigenvalue weighted by Crippen LogP contribution is 2.50. The molecule has 15 heteroatoms. The molecule has 4 aliphatic rings. The van der Waals surface area contributed by atoms with Crippen molar-refractivity contribution in [2.45, 2.75) is 126 Å². The summed E-state index contributed by atoms with van der Waals surface area (Å²) in [5.74, 6) is -1.06. The fraction of sp³-hybridized carbons (Fsp3) is 0.632. The molecule has 7 atom stereocenters. The van der Waals surface area contributed by atoms with Crippen LogP contribution in [-0.4, -0.2) is 108 Å². The maximum Gasteiger partial charge on any atom is 0.409 e. The van der Waals surface area contributed by atoms with Crippen molar-refractivity contribution in [3.05, 3.63) is 46.5 Å². The largest absolute Gasteiger partial charge is 0.495 e. The lowest BCUT2D eigenvalue weighted by Crippen LogP contribution is -2.72. The number of likely N-dealkylation sites (N-methyl/N-ethyl adjacent to an activating group) is 1. The molecule has 4 heterocycles. The highest BCUT2D eigenvalue weighted by molar-refractivity contribution is 7.81. The van der Waals surface area contributed by atoms with Gasteiger partial charge in [0.15, 0.2) is 5.72 Å². The number of hydrogen-bond donors (Lipinski definition) is 3. The Labute approximate surface area is 322 Å². The molecule has 294 valence electrons. The first-order valence-corrected chi connectivity index (χ1v) is 18.5. The van der Waals surface area contributed by atoms with Crippen LogP contribution in [0.4, 0.5) is 10.5 Å². The van der Waals surface area contributed by atoms with Crippen LogP contribution in [-0.2, 0) is 39.8 Å². The molecule has 5 rings (SSSR count). The molecular weight excluding hydrogens is 726 g/mol. The third-order valence-corrected chi connectivity index (χ3v) is 11.0. The molecule has 2 N–H and O–H groups in total. The molecule has 1 aromatic rings. The number of ether oxygens (including phenoxy) is 5. The van der Waals surface area contributed by atoms with Gasteiger partial charge in [-0.1, -0.05) is 49.2 Å². The predicted octanol–water partition coefficient (Wildman–Crippen LogP) is 5.15. The van der Waals surface area contributed by atoms with Crippen molar-refractivity contribution in [1.82, 2.24) is 10.2 Å². The van der Waals surface area contributed by atoms with E-state index < -0.39 is 59.3 Å². The first kappa shape index (κ1) is 42.4. The van der Waals surface area contributed by atoms with E-state index in [0.717, 1.165) is 11.1 Å². The normalized spacial score (nSPS) is 31.5. The van der Waals surface area contributed by atoms with E-state index >= 15 is 0 Å². The van der Waals surface area contributed by atoms with E-state index in [1.54, 1.807) is 52.1 Å². The monoisotopic (exact) mass is 779 g/mol. The number of methoxy groups -OCH3 is 2. The minimum Gasteiger partial charge on any atom is -0.495 e. The summed E-state index contributed by atoms with van der Waals surface area (Å²) >= 11 is 11.3. The third-order valence-electron chi connectivity index (χ3n) is 10.4. The average Bonchev–Trinajstić information content (AvgIpc) is 3.06. The molecule has 2 saturated heterocycles. The van der Waals surface area contributed by atoms with Crippen molar-refractivity contribution in [1.29, 1.82) is 0 Å². The quantitative estimate of drug-likeness (QED) is 0.239. The van der Waals surface area contributed by atoms with Crippen LogP contribution < -0.4 is 15.0 Å². The standard InChI is InChI=1S/C38H54ClN3O10S/c1-22-12-11-13-27(49-10)38(47)20-29(51-34(46)40-38)37(6)21-36(5,52-37)28(50-33(45)23(2)41(7)30(43)14-15-35(3,4)53)19-31(44)42(8)25-17-24(16-22)18-26(48-9)32(25)39/h11-13,17-18,23,27-29,47,53H,14-16,19-21H2,1-10H3,(H,40,46)/b13-11+,22-12+/t23-,27+,28-,29-,36+,37?,38-/m0/s1. The Bertz CT molecular complexity index is 1640. The van der Waals surface area contributed by atoms with E-state index in [-0.39, 0.29) is 41.4 Å². The summed E-state index contributed by atoms with van der Waals surface area (Å²) in [5.41, 5.74) is -2.13. The van der Waals surface area contributed by atoms with Crippen molar-refractivity contribution in [2.24, 2.45) is 0 Å². The zero-order chi connectivity index (χ0) is 39.7. The van der Waals surface area contributed by atoms with E-state index in [2.05, 4.69) is 17.9 Å². The lowest BCUT2D eigenvalue weighted by atomic mass is 9.72. The summed E-state index contributed by atoms with van der Waals surface area (Å²) in [6, 6.07) is 2.59. The number of rotatable bonds is 8. The van der Waals surface area contributed by atoms with Crippen LogP contribution in [0.5, 0.6) is 5.75 Å². The lowest BCUT2D eigenvalue weighted by molar-refractivity contribution is -0.328. The van der Waals surface area contributed by atoms with Gasteiger partial charge in [-0.05, 0) is 58.2 Å². The number of carbonyl (C=O) groups excluding carboxylic acids is 4. The van der Waals surface area contributed by atoms with E-state index in [1.807, 2.05) is 26.8 Å². The fourth-order valence-electron chi connectivity index (χ4n) is 7.10. The maximum atomic E-state index is 14.1. The van der Waals surface area contributed by atoms with E-state index in [1.165, 1.54) is 31.1 Å². The predicted molar refractivity (Wildman–Crippen MR) is 203 cm³/mol. The molecule has 1 unspecified atom stereocenters. The Hall–Kier alpha value is -3.30. The second-order valence-electron chi connectivity index (χ2n) is 15.5. The van der Waals surface area contributed by atoms with Crippen LogP contribution in [0.15, 0.2) is 35.9 Å². The van der Waals surface area contributed by atoms with Gasteiger partial charge in [-0.3, -0.25) is 14.9 Å². The van der Waals surface area contributed by atoms with Crippen molar-refractivity contribution in [3.8, 4) is 5.75 Å². The Morgan fingerprint density at radius 1 is 1.23 bits per heavy atom. The third kappa shape index (κ3) is 9.69. The van der Waals surface area contributed by atoms with Crippen molar-refractivity contribution >= 4 is 53.8 Å². The van der Waals surface area contributed by atoms with E-state index in [9.17, 15) is 24.3 Å². The molecule has 3 amide bonds. The fourth-order valence-corrected chi connectivity index (χ4v) is 7.53. The number of allylic oxidation sites excluding steroid dienone is 3. The number of alkyl carbamates (subject to hydrolysis) is 1. The minimum absolute atomic E-state index is 0.0971. The first-order chi connectivity index (χ1) is 24.5. The second kappa shape index (κ2) is 16.2. The van der Waals surface area contributed by atoms with Gasteiger partial charge in [0, 0.05) is 45.2 Å². The number of aliphatic hydroxyl groups is 1. The SMILES string of the molecule is COc1cc2cc(c1Cl)N(C)C(=O)C[C@H](OC(=O)[C@H](C)N(C)C(=O)CCC(C)(C)S)[C@@]1(C)CC(C)(O1)[C@@H]1C[C@@](O)(NC(=O)O1)[C@H](OC)/C=C/C=C(\C)C2. The molecule has 0 saturated carbocycles. The van der Waals surface area contributed by atoms with Gasteiger partial charge in [-0.2, -0.15) is 12.6 Å². The van der Waals surface area contributed by atoms with Gasteiger partial charge in [0.1, 0.15) is 46.3 Å². The molecule has 4 aliphatic heterocycles. The summed E-state index contributed by atoms with van der Waals surface area (Å²) < 4.78 is 29.1. The number of nitrogens with zero attached hydrogens (tertiary/aromatic N) is 2. The van der Waals surface area contributed by atoms with Crippen LogP contribution in [0.2, 0.25) is 5.02 Å². The average molecular weight is 780 g/mol. The Morgan fingerprint density at radius 3 is 2.49 bits per heavy atom. The Kier molecular flexibility index (Phi) is 13.0. The molecule has 0 spiro atoms.